The fourth-order valence-corrected chi connectivity index (χ4v) is 3.36. The number of rotatable bonds is 7. The smallest absolute Gasteiger partial charge is 0.323 e. The molecule has 0 aliphatic heterocycles. The van der Waals surface area contributed by atoms with Crippen LogP contribution in [0.5, 0.6) is 0 Å². The summed E-state index contributed by atoms with van der Waals surface area (Å²) >= 11 is 0. The quantitative estimate of drug-likeness (QED) is 0.596. The number of esters is 1. The molecule has 1 aliphatic rings. The molecule has 0 bridgehead atoms. The van der Waals surface area contributed by atoms with E-state index in [1.807, 2.05) is 44.2 Å². The lowest BCUT2D eigenvalue weighted by Gasteiger charge is -2.34. The molecule has 0 amide bonds. The van der Waals surface area contributed by atoms with E-state index in [4.69, 9.17) is 9.39 Å². The molecule has 2 rings (SSSR count). The Balaban J connectivity index is 1.97. The monoisotopic (exact) mass is 360 g/mol. The lowest BCUT2D eigenvalue weighted by Crippen LogP contribution is -2.43. The van der Waals surface area contributed by atoms with Crippen LogP contribution in [0.15, 0.2) is 30.3 Å². The van der Waals surface area contributed by atoms with Gasteiger partial charge in [-0.2, -0.15) is 0 Å². The maximum atomic E-state index is 12.6. The maximum Gasteiger partial charge on any atom is 0.323 e. The molecule has 0 radical (unpaired) electrons. The fourth-order valence-electron chi connectivity index (χ4n) is 3.36. The number of carbonyl (C=O) groups excluding carboxylic acids is 1. The highest BCUT2D eigenvalue weighted by Gasteiger charge is 2.40. The van der Waals surface area contributed by atoms with E-state index in [2.05, 4.69) is 0 Å². The average molecular weight is 360 g/mol. The standard InChI is InChI=1S/C20H29BO5/c1-19(2,14-10-6-5-7-11-14)26-21-20(3,4)25-18(24)16-13-9-8-12-15(16)17(22)23/h5-7,10-11,15-16,21H,8-9,12-13H2,1-4H3,(H,22,23). The minimum absolute atomic E-state index is 0.227. The molecule has 0 saturated heterocycles. The molecule has 1 aromatic rings. The highest BCUT2D eigenvalue weighted by Crippen LogP contribution is 2.32. The van der Waals surface area contributed by atoms with Gasteiger partial charge in [0.25, 0.3) is 0 Å². The van der Waals surface area contributed by atoms with Crippen LogP contribution in [0.25, 0.3) is 0 Å². The maximum absolute atomic E-state index is 12.6. The Bertz CT molecular complexity index is 626. The molecule has 6 heteroatoms. The minimum atomic E-state index is -0.911. The Morgan fingerprint density at radius 3 is 2.19 bits per heavy atom. The summed E-state index contributed by atoms with van der Waals surface area (Å²) in [5, 5.41) is 9.36. The number of hydrogen-bond acceptors (Lipinski definition) is 4. The van der Waals surface area contributed by atoms with Crippen LogP contribution < -0.4 is 0 Å². The SMILES string of the molecule is CC(C)(BOC(C)(C)c1ccccc1)OC(=O)C1CCCCC1C(=O)O. The zero-order valence-electron chi connectivity index (χ0n) is 16.2. The van der Waals surface area contributed by atoms with Crippen molar-refractivity contribution in [2.75, 3.05) is 0 Å². The molecule has 1 aromatic carbocycles. The van der Waals surface area contributed by atoms with E-state index in [0.29, 0.717) is 12.8 Å². The normalized spacial score (nSPS) is 21.1. The van der Waals surface area contributed by atoms with Gasteiger partial charge in [0.2, 0.25) is 0 Å². The van der Waals surface area contributed by atoms with Crippen LogP contribution in [0.2, 0.25) is 0 Å². The molecular formula is C20H29BO5. The predicted octanol–water partition coefficient (Wildman–Crippen LogP) is 3.46. The van der Waals surface area contributed by atoms with Crippen molar-refractivity contribution >= 4 is 19.4 Å². The minimum Gasteiger partial charge on any atom is -0.481 e. The summed E-state index contributed by atoms with van der Waals surface area (Å²) in [6.45, 7) is 7.54. The summed E-state index contributed by atoms with van der Waals surface area (Å²) in [5.41, 5.74) is -0.302. The van der Waals surface area contributed by atoms with Crippen LogP contribution >= 0.6 is 0 Å². The molecule has 26 heavy (non-hydrogen) atoms. The number of aliphatic carboxylic acids is 1. The van der Waals surface area contributed by atoms with Crippen LogP contribution in [0.3, 0.4) is 0 Å². The van der Waals surface area contributed by atoms with Gasteiger partial charge < -0.3 is 14.5 Å². The van der Waals surface area contributed by atoms with Crippen molar-refractivity contribution in [2.45, 2.75) is 64.5 Å². The van der Waals surface area contributed by atoms with Gasteiger partial charge in [0.1, 0.15) is 5.50 Å². The summed E-state index contributed by atoms with van der Waals surface area (Å²) in [7, 11) is 0.227. The van der Waals surface area contributed by atoms with E-state index in [1.165, 1.54) is 0 Å². The Kier molecular flexibility index (Phi) is 6.51. The van der Waals surface area contributed by atoms with Crippen molar-refractivity contribution in [3.8, 4) is 0 Å². The summed E-state index contributed by atoms with van der Waals surface area (Å²) in [4.78, 5) is 24.0. The molecule has 0 heterocycles. The largest absolute Gasteiger partial charge is 0.481 e. The Labute approximate surface area is 156 Å². The van der Waals surface area contributed by atoms with Crippen LogP contribution in [0.4, 0.5) is 0 Å². The molecule has 0 aromatic heterocycles. The molecule has 1 N–H and O–H groups in total. The number of benzene rings is 1. The highest BCUT2D eigenvalue weighted by atomic mass is 16.6. The summed E-state index contributed by atoms with van der Waals surface area (Å²) in [6, 6.07) is 9.87. The number of carbonyl (C=O) groups is 2. The molecule has 142 valence electrons. The molecule has 2 unspecified atom stereocenters. The first-order valence-electron chi connectivity index (χ1n) is 9.27. The fraction of sp³-hybridized carbons (Fsp3) is 0.600. The molecule has 1 saturated carbocycles. The summed E-state index contributed by atoms with van der Waals surface area (Å²) in [6.07, 6.45) is 2.81. The van der Waals surface area contributed by atoms with Crippen molar-refractivity contribution in [2.24, 2.45) is 11.8 Å². The number of carboxylic acid groups (broad SMARTS) is 1. The lowest BCUT2D eigenvalue weighted by molar-refractivity contribution is -0.165. The molecule has 0 spiro atoms. The first-order chi connectivity index (χ1) is 12.1. The topological polar surface area (TPSA) is 72.8 Å². The first kappa shape index (κ1) is 20.5. The third-order valence-corrected chi connectivity index (χ3v) is 5.01. The van der Waals surface area contributed by atoms with Gasteiger partial charge >= 0.3 is 19.4 Å². The average Bonchev–Trinajstić information content (AvgIpc) is 2.60. The molecule has 1 fully saturated rings. The zero-order valence-corrected chi connectivity index (χ0v) is 16.2. The van der Waals surface area contributed by atoms with Gasteiger partial charge in [0.15, 0.2) is 0 Å². The van der Waals surface area contributed by atoms with Gasteiger partial charge in [0.05, 0.1) is 17.4 Å². The lowest BCUT2D eigenvalue weighted by atomic mass is 9.75. The van der Waals surface area contributed by atoms with E-state index in [0.717, 1.165) is 18.4 Å². The molecule has 5 nitrogen and oxygen atoms in total. The number of hydrogen-bond donors (Lipinski definition) is 1. The Hall–Kier alpha value is -1.82. The van der Waals surface area contributed by atoms with Gasteiger partial charge in [-0.05, 0) is 46.1 Å². The zero-order chi connectivity index (χ0) is 19.4. The van der Waals surface area contributed by atoms with Gasteiger partial charge in [-0.3, -0.25) is 9.59 Å². The van der Waals surface area contributed by atoms with Gasteiger partial charge in [-0.1, -0.05) is 43.2 Å². The van der Waals surface area contributed by atoms with Crippen molar-refractivity contribution < 1.29 is 24.1 Å². The highest BCUT2D eigenvalue weighted by molar-refractivity contribution is 6.32. The Morgan fingerprint density at radius 1 is 1.04 bits per heavy atom. The molecule has 2 atom stereocenters. The van der Waals surface area contributed by atoms with E-state index < -0.39 is 34.9 Å². The van der Waals surface area contributed by atoms with Crippen molar-refractivity contribution in [1.82, 2.24) is 0 Å². The van der Waals surface area contributed by atoms with Crippen molar-refractivity contribution in [1.29, 1.82) is 0 Å². The van der Waals surface area contributed by atoms with Crippen LogP contribution in [0.1, 0.15) is 58.9 Å². The third kappa shape index (κ3) is 5.34. The van der Waals surface area contributed by atoms with E-state index in [-0.39, 0.29) is 7.48 Å². The summed E-state index contributed by atoms with van der Waals surface area (Å²) < 4.78 is 11.7. The third-order valence-electron chi connectivity index (χ3n) is 5.01. The van der Waals surface area contributed by atoms with Crippen LogP contribution in [-0.4, -0.2) is 30.0 Å². The number of carboxylic acids is 1. The Morgan fingerprint density at radius 2 is 1.62 bits per heavy atom. The van der Waals surface area contributed by atoms with Gasteiger partial charge in [-0.25, -0.2) is 0 Å². The van der Waals surface area contributed by atoms with Crippen molar-refractivity contribution in [3.05, 3.63) is 35.9 Å². The van der Waals surface area contributed by atoms with E-state index in [9.17, 15) is 14.7 Å². The van der Waals surface area contributed by atoms with E-state index in [1.54, 1.807) is 13.8 Å². The molecular weight excluding hydrogens is 331 g/mol. The van der Waals surface area contributed by atoms with Crippen molar-refractivity contribution in [3.63, 3.8) is 0 Å². The number of ether oxygens (including phenoxy) is 1. The second kappa shape index (κ2) is 8.25. The second-order valence-corrected chi connectivity index (χ2v) is 8.18. The van der Waals surface area contributed by atoms with Crippen LogP contribution in [-0.2, 0) is 24.6 Å². The molecule has 1 aliphatic carbocycles. The first-order valence-corrected chi connectivity index (χ1v) is 9.27. The summed E-state index contributed by atoms with van der Waals surface area (Å²) in [5.74, 6) is -2.55. The second-order valence-electron chi connectivity index (χ2n) is 8.18. The van der Waals surface area contributed by atoms with Gasteiger partial charge in [0, 0.05) is 0 Å². The van der Waals surface area contributed by atoms with E-state index >= 15 is 0 Å². The van der Waals surface area contributed by atoms with Gasteiger partial charge in [-0.15, -0.1) is 0 Å². The predicted molar refractivity (Wildman–Crippen MR) is 101 cm³/mol. The van der Waals surface area contributed by atoms with Crippen LogP contribution in [0, 0.1) is 11.8 Å².